The molecule has 0 radical (unpaired) electrons. The number of phenolic OH excluding ortho intramolecular Hbond substituents is 4. The van der Waals surface area contributed by atoms with Crippen molar-refractivity contribution in [2.75, 3.05) is 6.61 Å². The highest BCUT2D eigenvalue weighted by Gasteiger charge is 2.38. The van der Waals surface area contributed by atoms with Crippen molar-refractivity contribution >= 4 is 11.0 Å². The Kier molecular flexibility index (Phi) is 5.57. The minimum Gasteiger partial charge on any atom is -0.508 e. The average molecular weight is 448 g/mol. The van der Waals surface area contributed by atoms with Crippen molar-refractivity contribution < 1.29 is 49.6 Å². The number of aromatic hydroxyl groups is 4. The number of benzene rings is 2. The fourth-order valence-electron chi connectivity index (χ4n) is 3.48. The van der Waals surface area contributed by atoms with Crippen molar-refractivity contribution in [2.45, 2.75) is 31.0 Å². The Morgan fingerprint density at radius 1 is 0.969 bits per heavy atom. The van der Waals surface area contributed by atoms with Crippen molar-refractivity contribution in [3.05, 3.63) is 40.6 Å². The van der Waals surface area contributed by atoms with Crippen LogP contribution in [0, 0.1) is 0 Å². The van der Waals surface area contributed by atoms with Gasteiger partial charge in [0.15, 0.2) is 17.3 Å². The molecule has 4 rings (SSSR count). The molecule has 170 valence electrons. The lowest BCUT2D eigenvalue weighted by Gasteiger charge is -2.36. The van der Waals surface area contributed by atoms with E-state index in [1.807, 2.05) is 0 Å². The molecule has 3 aromatic rings. The standard InChI is InChI=1S/C21H20O11/c22-7-16-12(26)6-14(28)21(31-16)32-20-18(29)17-13(27)4-9(23)5-15(17)30-19(20)8-1-2-10(24)11(25)3-8/h1-5,12,14,16,21-28H,6-7H2/t12-,14+,16+,21+/m1/s1. The second-order valence-corrected chi connectivity index (χ2v) is 7.34. The lowest BCUT2D eigenvalue weighted by Crippen LogP contribution is -2.51. The van der Waals surface area contributed by atoms with Crippen molar-refractivity contribution in [3.8, 4) is 40.1 Å². The van der Waals surface area contributed by atoms with Gasteiger partial charge < -0.3 is 49.6 Å². The minimum atomic E-state index is -1.49. The number of ether oxygens (including phenoxy) is 2. The van der Waals surface area contributed by atoms with E-state index in [0.29, 0.717) is 0 Å². The first-order valence-corrected chi connectivity index (χ1v) is 9.53. The van der Waals surface area contributed by atoms with Crippen LogP contribution in [-0.4, -0.2) is 67.0 Å². The molecule has 4 atom stereocenters. The summed E-state index contributed by atoms with van der Waals surface area (Å²) >= 11 is 0. The molecule has 0 spiro atoms. The van der Waals surface area contributed by atoms with E-state index in [2.05, 4.69) is 0 Å². The van der Waals surface area contributed by atoms with E-state index in [9.17, 15) is 40.5 Å². The molecule has 1 aliphatic heterocycles. The first kappa shape index (κ1) is 21.7. The smallest absolute Gasteiger partial charge is 0.239 e. The highest BCUT2D eigenvalue weighted by Crippen LogP contribution is 2.39. The molecule has 0 saturated carbocycles. The van der Waals surface area contributed by atoms with E-state index < -0.39 is 59.6 Å². The molecular formula is C21H20O11. The molecule has 2 heterocycles. The quantitative estimate of drug-likeness (QED) is 0.275. The Balaban J connectivity index is 1.90. The van der Waals surface area contributed by atoms with E-state index >= 15 is 0 Å². The van der Waals surface area contributed by atoms with Crippen molar-refractivity contribution in [2.24, 2.45) is 0 Å². The van der Waals surface area contributed by atoms with Crippen molar-refractivity contribution in [3.63, 3.8) is 0 Å². The zero-order valence-corrected chi connectivity index (χ0v) is 16.4. The number of hydrogen-bond donors (Lipinski definition) is 7. The summed E-state index contributed by atoms with van der Waals surface area (Å²) in [4.78, 5) is 13.2. The summed E-state index contributed by atoms with van der Waals surface area (Å²) in [5.41, 5.74) is -0.994. The Hall–Kier alpha value is -3.51. The highest BCUT2D eigenvalue weighted by atomic mass is 16.7. The third kappa shape index (κ3) is 3.78. The van der Waals surface area contributed by atoms with E-state index in [1.54, 1.807) is 0 Å². The summed E-state index contributed by atoms with van der Waals surface area (Å²) in [6.45, 7) is -0.571. The number of hydrogen-bond acceptors (Lipinski definition) is 11. The van der Waals surface area contributed by atoms with Crippen LogP contribution in [0.25, 0.3) is 22.3 Å². The molecule has 11 heteroatoms. The fraction of sp³-hybridized carbons (Fsp3) is 0.286. The molecule has 1 saturated heterocycles. The van der Waals surface area contributed by atoms with Crippen LogP contribution in [0.15, 0.2) is 39.5 Å². The topological polar surface area (TPSA) is 190 Å². The number of aliphatic hydroxyl groups is 3. The van der Waals surface area contributed by atoms with Gasteiger partial charge in [0.1, 0.15) is 34.7 Å². The average Bonchev–Trinajstić information content (AvgIpc) is 2.73. The van der Waals surface area contributed by atoms with Crippen LogP contribution >= 0.6 is 0 Å². The van der Waals surface area contributed by atoms with Gasteiger partial charge in [0.25, 0.3) is 0 Å². The van der Waals surface area contributed by atoms with E-state index in [4.69, 9.17) is 13.9 Å². The van der Waals surface area contributed by atoms with Gasteiger partial charge in [-0.1, -0.05) is 0 Å². The summed E-state index contributed by atoms with van der Waals surface area (Å²) in [6, 6.07) is 5.57. The van der Waals surface area contributed by atoms with Gasteiger partial charge in [-0.15, -0.1) is 0 Å². The molecule has 7 N–H and O–H groups in total. The summed E-state index contributed by atoms with van der Waals surface area (Å²) in [7, 11) is 0. The third-order valence-corrected chi connectivity index (χ3v) is 5.10. The summed E-state index contributed by atoms with van der Waals surface area (Å²) in [5.74, 6) is -2.69. The Morgan fingerprint density at radius 2 is 1.72 bits per heavy atom. The van der Waals surface area contributed by atoms with Crippen LogP contribution in [0.4, 0.5) is 0 Å². The minimum absolute atomic E-state index is 0.0844. The monoisotopic (exact) mass is 448 g/mol. The zero-order chi connectivity index (χ0) is 23.2. The molecule has 0 unspecified atom stereocenters. The molecule has 1 aromatic heterocycles. The van der Waals surface area contributed by atoms with Gasteiger partial charge in [0, 0.05) is 24.1 Å². The predicted octanol–water partition coefficient (Wildman–Crippen LogP) is 0.490. The SMILES string of the molecule is O=c1c(O[C@@H]2O[C@@H](CO)[C@H](O)C[C@@H]2O)c(-c2ccc(O)c(O)c2)oc2cc(O)cc(O)c12. The molecule has 1 aliphatic rings. The second-order valence-electron chi connectivity index (χ2n) is 7.34. The Morgan fingerprint density at radius 3 is 2.41 bits per heavy atom. The molecule has 11 nitrogen and oxygen atoms in total. The Bertz CT molecular complexity index is 1220. The summed E-state index contributed by atoms with van der Waals surface area (Å²) < 4.78 is 16.7. The lowest BCUT2D eigenvalue weighted by atomic mass is 10.0. The van der Waals surface area contributed by atoms with Crippen LogP contribution in [0.5, 0.6) is 28.7 Å². The zero-order valence-electron chi connectivity index (χ0n) is 16.4. The molecule has 0 aliphatic carbocycles. The molecule has 0 bridgehead atoms. The largest absolute Gasteiger partial charge is 0.508 e. The first-order chi connectivity index (χ1) is 15.2. The maximum absolute atomic E-state index is 13.2. The maximum atomic E-state index is 13.2. The third-order valence-electron chi connectivity index (χ3n) is 5.10. The van der Waals surface area contributed by atoms with Gasteiger partial charge in [0.05, 0.1) is 12.7 Å². The number of aliphatic hydroxyl groups excluding tert-OH is 3. The number of fused-ring (bicyclic) bond motifs is 1. The molecule has 32 heavy (non-hydrogen) atoms. The van der Waals surface area contributed by atoms with E-state index in [1.165, 1.54) is 6.07 Å². The van der Waals surface area contributed by atoms with Gasteiger partial charge in [-0.25, -0.2) is 0 Å². The summed E-state index contributed by atoms with van der Waals surface area (Å²) in [5, 5.41) is 68.6. The highest BCUT2D eigenvalue weighted by molar-refractivity contribution is 5.88. The van der Waals surface area contributed by atoms with Gasteiger partial charge in [-0.2, -0.15) is 0 Å². The van der Waals surface area contributed by atoms with Crippen LogP contribution in [0.3, 0.4) is 0 Å². The van der Waals surface area contributed by atoms with Crippen LogP contribution < -0.4 is 10.2 Å². The molecule has 0 amide bonds. The van der Waals surface area contributed by atoms with Gasteiger partial charge in [0.2, 0.25) is 17.5 Å². The van der Waals surface area contributed by atoms with Crippen molar-refractivity contribution in [1.82, 2.24) is 0 Å². The van der Waals surface area contributed by atoms with Gasteiger partial charge >= 0.3 is 0 Å². The molecular weight excluding hydrogens is 428 g/mol. The van der Waals surface area contributed by atoms with Crippen molar-refractivity contribution in [1.29, 1.82) is 0 Å². The number of phenols is 4. The van der Waals surface area contributed by atoms with Gasteiger partial charge in [-0.05, 0) is 18.2 Å². The summed E-state index contributed by atoms with van der Waals surface area (Å²) in [6.07, 6.45) is -5.31. The molecule has 1 fully saturated rings. The predicted molar refractivity (Wildman–Crippen MR) is 108 cm³/mol. The maximum Gasteiger partial charge on any atom is 0.239 e. The molecule has 2 aromatic carbocycles. The van der Waals surface area contributed by atoms with Crippen LogP contribution in [0.1, 0.15) is 6.42 Å². The van der Waals surface area contributed by atoms with Crippen LogP contribution in [-0.2, 0) is 4.74 Å². The second kappa shape index (κ2) is 8.20. The van der Waals surface area contributed by atoms with Crippen LogP contribution in [0.2, 0.25) is 0 Å². The first-order valence-electron chi connectivity index (χ1n) is 9.53. The Labute approximate surface area is 179 Å². The van der Waals surface area contributed by atoms with E-state index in [0.717, 1.165) is 24.3 Å². The lowest BCUT2D eigenvalue weighted by molar-refractivity contribution is -0.240. The normalized spacial score (nSPS) is 23.3. The fourth-order valence-corrected chi connectivity index (χ4v) is 3.48. The number of rotatable bonds is 4. The van der Waals surface area contributed by atoms with Gasteiger partial charge in [-0.3, -0.25) is 4.79 Å². The van der Waals surface area contributed by atoms with E-state index in [-0.39, 0.29) is 34.5 Å².